The molecule has 0 unspecified atom stereocenters. The minimum absolute atomic E-state index is 0.326. The molecule has 0 radical (unpaired) electrons. The topological polar surface area (TPSA) is 74.7 Å². The minimum atomic E-state index is -0.530. The summed E-state index contributed by atoms with van der Waals surface area (Å²) in [6, 6.07) is 16.5. The average Bonchev–Trinajstić information content (AvgIpc) is 3.55. The quantitative estimate of drug-likeness (QED) is 0.242. The number of pyridine rings is 1. The summed E-state index contributed by atoms with van der Waals surface area (Å²) in [5.74, 6) is 0.0498. The first-order valence-corrected chi connectivity index (χ1v) is 12.1. The van der Waals surface area contributed by atoms with Crippen molar-refractivity contribution in [1.29, 1.82) is 0 Å². The molecule has 7 heteroatoms. The molecule has 1 aliphatic carbocycles. The lowest BCUT2D eigenvalue weighted by Crippen LogP contribution is -2.17. The molecule has 0 N–H and O–H groups in total. The highest BCUT2D eigenvalue weighted by atomic mass is 32.1. The second kappa shape index (κ2) is 9.72. The van der Waals surface area contributed by atoms with Crippen LogP contribution in [0.25, 0.3) is 22.6 Å². The highest BCUT2D eigenvalue weighted by Gasteiger charge is 2.28. The molecule has 5 rings (SSSR count). The summed E-state index contributed by atoms with van der Waals surface area (Å²) in [7, 11) is 3.02. The number of Topliss-reactive ketones (excluding diaryl/α,β-unsaturated/α-hetero) is 1. The van der Waals surface area contributed by atoms with Crippen molar-refractivity contribution in [2.45, 2.75) is 12.8 Å². The Morgan fingerprint density at radius 1 is 1.03 bits per heavy atom. The molecular weight excluding hydrogens is 462 g/mol. The lowest BCUT2D eigenvalue weighted by molar-refractivity contribution is 0.0475. The molecule has 35 heavy (non-hydrogen) atoms. The average molecular weight is 486 g/mol. The van der Waals surface area contributed by atoms with Gasteiger partial charge in [-0.25, -0.2) is 9.78 Å². The van der Waals surface area contributed by atoms with Crippen molar-refractivity contribution in [3.63, 3.8) is 0 Å². The van der Waals surface area contributed by atoms with Crippen LogP contribution in [0.1, 0.15) is 43.3 Å². The zero-order valence-corrected chi connectivity index (χ0v) is 20.2. The van der Waals surface area contributed by atoms with Crippen molar-refractivity contribution in [1.82, 2.24) is 4.98 Å². The van der Waals surface area contributed by atoms with Gasteiger partial charge in [0.25, 0.3) is 0 Å². The van der Waals surface area contributed by atoms with Gasteiger partial charge in [-0.05, 0) is 59.7 Å². The van der Waals surface area contributed by atoms with Gasteiger partial charge < -0.3 is 14.2 Å². The van der Waals surface area contributed by atoms with E-state index in [1.54, 1.807) is 29.5 Å². The number of rotatable bonds is 7. The number of ketones is 1. The lowest BCUT2D eigenvalue weighted by atomic mass is 10.0. The molecule has 0 bridgehead atoms. The first-order valence-electron chi connectivity index (χ1n) is 11.2. The fourth-order valence-corrected chi connectivity index (χ4v) is 5.05. The number of ether oxygens (including phenoxy) is 3. The van der Waals surface area contributed by atoms with Gasteiger partial charge in [-0.15, -0.1) is 11.3 Å². The summed E-state index contributed by atoms with van der Waals surface area (Å²) in [5, 5.41) is 2.76. The van der Waals surface area contributed by atoms with Crippen LogP contribution in [0.15, 0.2) is 60.0 Å². The molecule has 4 aromatic rings. The second-order valence-corrected chi connectivity index (χ2v) is 9.06. The highest BCUT2D eigenvalue weighted by Crippen LogP contribution is 2.38. The number of aromatic nitrogens is 1. The molecule has 0 amide bonds. The zero-order chi connectivity index (χ0) is 24.4. The molecular formula is C28H23NO5S. The van der Waals surface area contributed by atoms with Crippen LogP contribution in [0.3, 0.4) is 0 Å². The number of para-hydroxylation sites is 1. The van der Waals surface area contributed by atoms with Gasteiger partial charge in [0.2, 0.25) is 5.78 Å². The molecule has 0 saturated heterocycles. The van der Waals surface area contributed by atoms with E-state index in [1.807, 2.05) is 35.7 Å². The normalized spacial score (nSPS) is 13.6. The van der Waals surface area contributed by atoms with E-state index in [-0.39, 0.29) is 5.78 Å². The number of thiophene rings is 1. The maximum atomic E-state index is 13.4. The van der Waals surface area contributed by atoms with Crippen LogP contribution >= 0.6 is 11.3 Å². The van der Waals surface area contributed by atoms with Gasteiger partial charge >= 0.3 is 5.97 Å². The monoisotopic (exact) mass is 485 g/mol. The fourth-order valence-electron chi connectivity index (χ4n) is 4.37. The molecule has 1 aliphatic rings. The summed E-state index contributed by atoms with van der Waals surface area (Å²) in [6.07, 6.45) is 3.61. The summed E-state index contributed by atoms with van der Waals surface area (Å²) < 4.78 is 16.1. The Labute approximate surface area is 206 Å². The first kappa shape index (κ1) is 22.8. The standard InChI is InChI=1S/C28H23NO5S/c1-32-18-10-12-21(25(15-18)33-2)24(30)16-34-28(31)26-20-7-3-4-8-23(20)29-27-17(9-11-22(26)27)14-19-6-5-13-35-19/h3-8,10,12-15H,9,11,16H2,1-2H3. The van der Waals surface area contributed by atoms with Crippen molar-refractivity contribution in [2.75, 3.05) is 20.8 Å². The summed E-state index contributed by atoms with van der Waals surface area (Å²) in [4.78, 5) is 32.3. The van der Waals surface area contributed by atoms with Gasteiger partial charge in [-0.2, -0.15) is 0 Å². The number of hydrogen-bond donors (Lipinski definition) is 0. The Kier molecular flexibility index (Phi) is 6.33. The molecule has 0 fully saturated rings. The number of allylic oxidation sites excluding steroid dienone is 1. The van der Waals surface area contributed by atoms with E-state index in [0.717, 1.165) is 39.0 Å². The maximum absolute atomic E-state index is 13.4. The van der Waals surface area contributed by atoms with E-state index in [1.165, 1.54) is 14.2 Å². The minimum Gasteiger partial charge on any atom is -0.497 e. The van der Waals surface area contributed by atoms with Gasteiger partial charge in [0.05, 0.1) is 36.6 Å². The van der Waals surface area contributed by atoms with Crippen LogP contribution in [0, 0.1) is 0 Å². The largest absolute Gasteiger partial charge is 0.497 e. The number of nitrogens with zero attached hydrogens (tertiary/aromatic N) is 1. The summed E-state index contributed by atoms with van der Waals surface area (Å²) in [6.45, 7) is -0.398. The van der Waals surface area contributed by atoms with Crippen LogP contribution in [-0.2, 0) is 11.2 Å². The number of benzene rings is 2. The van der Waals surface area contributed by atoms with Crippen LogP contribution in [0.5, 0.6) is 11.5 Å². The number of carbonyl (C=O) groups is 2. The number of carbonyl (C=O) groups excluding carboxylic acids is 2. The Morgan fingerprint density at radius 2 is 1.89 bits per heavy atom. The lowest BCUT2D eigenvalue weighted by Gasteiger charge is -2.13. The predicted molar refractivity (Wildman–Crippen MR) is 136 cm³/mol. The number of esters is 1. The number of hydrogen-bond acceptors (Lipinski definition) is 7. The summed E-state index contributed by atoms with van der Waals surface area (Å²) in [5.41, 5.74) is 4.32. The Bertz CT molecular complexity index is 1460. The van der Waals surface area contributed by atoms with Crippen molar-refractivity contribution >= 4 is 45.6 Å². The molecule has 0 aliphatic heterocycles. The third kappa shape index (κ3) is 4.42. The Morgan fingerprint density at radius 3 is 2.66 bits per heavy atom. The predicted octanol–water partition coefficient (Wildman–Crippen LogP) is 5.84. The van der Waals surface area contributed by atoms with Crippen LogP contribution in [0.2, 0.25) is 0 Å². The van der Waals surface area contributed by atoms with Gasteiger partial charge in [0, 0.05) is 16.3 Å². The molecule has 2 heterocycles. The van der Waals surface area contributed by atoms with Gasteiger partial charge in [-0.1, -0.05) is 24.3 Å². The Hall–Kier alpha value is -3.97. The molecule has 2 aromatic carbocycles. The van der Waals surface area contributed by atoms with Crippen molar-refractivity contribution in [3.8, 4) is 11.5 Å². The van der Waals surface area contributed by atoms with E-state index in [0.29, 0.717) is 29.0 Å². The van der Waals surface area contributed by atoms with E-state index < -0.39 is 12.6 Å². The van der Waals surface area contributed by atoms with Gasteiger partial charge in [0.1, 0.15) is 11.5 Å². The molecule has 0 atom stereocenters. The maximum Gasteiger partial charge on any atom is 0.339 e. The van der Waals surface area contributed by atoms with Crippen LogP contribution < -0.4 is 9.47 Å². The molecule has 2 aromatic heterocycles. The number of methoxy groups -OCH3 is 2. The van der Waals surface area contributed by atoms with Crippen molar-refractivity contribution in [2.24, 2.45) is 0 Å². The third-order valence-electron chi connectivity index (χ3n) is 6.05. The molecule has 6 nitrogen and oxygen atoms in total. The van der Waals surface area contributed by atoms with E-state index in [4.69, 9.17) is 19.2 Å². The molecule has 0 spiro atoms. The van der Waals surface area contributed by atoms with Gasteiger partial charge in [-0.3, -0.25) is 4.79 Å². The SMILES string of the molecule is COc1ccc(C(=O)COC(=O)c2c3c(nc4ccccc24)C(=Cc2cccs2)CC3)c(OC)c1. The van der Waals surface area contributed by atoms with E-state index in [9.17, 15) is 9.59 Å². The van der Waals surface area contributed by atoms with Crippen molar-refractivity contribution in [3.05, 3.63) is 87.2 Å². The highest BCUT2D eigenvalue weighted by molar-refractivity contribution is 7.10. The second-order valence-electron chi connectivity index (χ2n) is 8.08. The van der Waals surface area contributed by atoms with Crippen molar-refractivity contribution < 1.29 is 23.8 Å². The van der Waals surface area contributed by atoms with Crippen LogP contribution in [-0.4, -0.2) is 37.6 Å². The third-order valence-corrected chi connectivity index (χ3v) is 6.87. The first-order chi connectivity index (χ1) is 17.1. The smallest absolute Gasteiger partial charge is 0.339 e. The molecule has 176 valence electrons. The number of fused-ring (bicyclic) bond motifs is 2. The zero-order valence-electron chi connectivity index (χ0n) is 19.4. The molecule has 0 saturated carbocycles. The van der Waals surface area contributed by atoms with Crippen LogP contribution in [0.4, 0.5) is 0 Å². The summed E-state index contributed by atoms with van der Waals surface area (Å²) >= 11 is 1.66. The Balaban J connectivity index is 1.46. The van der Waals surface area contributed by atoms with E-state index >= 15 is 0 Å². The van der Waals surface area contributed by atoms with Gasteiger partial charge in [0.15, 0.2) is 6.61 Å². The van der Waals surface area contributed by atoms with E-state index in [2.05, 4.69) is 12.1 Å². The fraction of sp³-hybridized carbons (Fsp3) is 0.179.